The van der Waals surface area contributed by atoms with E-state index in [0.29, 0.717) is 30.0 Å². The van der Waals surface area contributed by atoms with Crippen molar-refractivity contribution in [3.63, 3.8) is 0 Å². The molecule has 4 aromatic carbocycles. The molecule has 0 aliphatic heterocycles. The van der Waals surface area contributed by atoms with E-state index in [0.717, 1.165) is 24.0 Å². The van der Waals surface area contributed by atoms with Gasteiger partial charge in [-0.1, -0.05) is 72.8 Å². The van der Waals surface area contributed by atoms with Gasteiger partial charge in [-0.3, -0.25) is 4.79 Å². The van der Waals surface area contributed by atoms with Crippen molar-refractivity contribution in [1.82, 2.24) is 4.90 Å². The Balaban J connectivity index is 1.63. The molecule has 5 nitrogen and oxygen atoms in total. The summed E-state index contributed by atoms with van der Waals surface area (Å²) in [6.45, 7) is 0.929. The Morgan fingerprint density at radius 2 is 1.42 bits per heavy atom. The third-order valence-electron chi connectivity index (χ3n) is 6.19. The standard InChI is InChI=1S/C31H29NO4/c1-36-26-19-17-24(18-20-26)30(33)32(21-9-12-23-10-3-2-4-11-23)22-25-13-5-6-14-27(25)28-15-7-8-16-29(28)31(34)35/h2-8,10-11,13-20H,9,12,21-22H2,1H3,(H,34,35). The van der Waals surface area contributed by atoms with Crippen LogP contribution in [0.5, 0.6) is 5.75 Å². The molecular formula is C31H29NO4. The first-order chi connectivity index (χ1) is 17.6. The first kappa shape index (κ1) is 24.7. The highest BCUT2D eigenvalue weighted by molar-refractivity contribution is 5.97. The number of methoxy groups -OCH3 is 1. The van der Waals surface area contributed by atoms with Gasteiger partial charge >= 0.3 is 5.97 Å². The van der Waals surface area contributed by atoms with Gasteiger partial charge in [-0.05, 0) is 65.4 Å². The van der Waals surface area contributed by atoms with Gasteiger partial charge in [0.05, 0.1) is 12.7 Å². The monoisotopic (exact) mass is 479 g/mol. The minimum atomic E-state index is -0.977. The van der Waals surface area contributed by atoms with Crippen LogP contribution in [0.1, 0.15) is 38.3 Å². The van der Waals surface area contributed by atoms with Crippen molar-refractivity contribution in [2.24, 2.45) is 0 Å². The van der Waals surface area contributed by atoms with E-state index >= 15 is 0 Å². The van der Waals surface area contributed by atoms with Crippen LogP contribution in [0.15, 0.2) is 103 Å². The second-order valence-electron chi connectivity index (χ2n) is 8.55. The number of carbonyl (C=O) groups excluding carboxylic acids is 1. The largest absolute Gasteiger partial charge is 0.497 e. The van der Waals surface area contributed by atoms with E-state index in [1.807, 2.05) is 59.5 Å². The average molecular weight is 480 g/mol. The van der Waals surface area contributed by atoms with E-state index in [2.05, 4.69) is 12.1 Å². The minimum absolute atomic E-state index is 0.0768. The molecule has 0 atom stereocenters. The van der Waals surface area contributed by atoms with Crippen molar-refractivity contribution in [3.8, 4) is 16.9 Å². The van der Waals surface area contributed by atoms with E-state index in [-0.39, 0.29) is 11.5 Å². The van der Waals surface area contributed by atoms with Gasteiger partial charge in [0.25, 0.3) is 5.91 Å². The summed E-state index contributed by atoms with van der Waals surface area (Å²) in [7, 11) is 1.60. The Labute approximate surface area is 211 Å². The van der Waals surface area contributed by atoms with Crippen molar-refractivity contribution >= 4 is 11.9 Å². The third-order valence-corrected chi connectivity index (χ3v) is 6.19. The summed E-state index contributed by atoms with van der Waals surface area (Å²) in [6.07, 6.45) is 1.66. The summed E-state index contributed by atoms with van der Waals surface area (Å²) in [5, 5.41) is 9.73. The average Bonchev–Trinajstić information content (AvgIpc) is 2.93. The van der Waals surface area contributed by atoms with Crippen LogP contribution in [0, 0.1) is 0 Å². The number of ether oxygens (including phenoxy) is 1. The molecule has 0 saturated heterocycles. The van der Waals surface area contributed by atoms with Crippen LogP contribution in [0.4, 0.5) is 0 Å². The van der Waals surface area contributed by atoms with Crippen LogP contribution in [0.25, 0.3) is 11.1 Å². The molecule has 1 N–H and O–H groups in total. The number of benzene rings is 4. The summed E-state index contributed by atoms with van der Waals surface area (Å²) in [5.74, 6) is -0.362. The molecule has 5 heteroatoms. The SMILES string of the molecule is COc1ccc(C(=O)N(CCCc2ccccc2)Cc2ccccc2-c2ccccc2C(=O)O)cc1. The second kappa shape index (κ2) is 11.8. The number of carboxylic acids is 1. The van der Waals surface area contributed by atoms with Gasteiger partial charge in [-0.25, -0.2) is 4.79 Å². The minimum Gasteiger partial charge on any atom is -0.497 e. The Morgan fingerprint density at radius 1 is 0.778 bits per heavy atom. The third kappa shape index (κ3) is 5.99. The number of carbonyl (C=O) groups is 2. The van der Waals surface area contributed by atoms with Gasteiger partial charge < -0.3 is 14.7 Å². The molecule has 0 fully saturated rings. The Kier molecular flexibility index (Phi) is 8.14. The highest BCUT2D eigenvalue weighted by atomic mass is 16.5. The van der Waals surface area contributed by atoms with Crippen molar-refractivity contribution in [2.45, 2.75) is 19.4 Å². The summed E-state index contributed by atoms with van der Waals surface area (Å²) < 4.78 is 5.24. The highest BCUT2D eigenvalue weighted by Gasteiger charge is 2.20. The van der Waals surface area contributed by atoms with E-state index in [4.69, 9.17) is 4.74 Å². The smallest absolute Gasteiger partial charge is 0.336 e. The predicted molar refractivity (Wildman–Crippen MR) is 141 cm³/mol. The van der Waals surface area contributed by atoms with Gasteiger partial charge in [-0.2, -0.15) is 0 Å². The normalized spacial score (nSPS) is 10.6. The molecule has 0 radical (unpaired) electrons. The molecule has 0 aliphatic rings. The van der Waals surface area contributed by atoms with E-state index in [1.165, 1.54) is 5.56 Å². The van der Waals surface area contributed by atoms with Gasteiger partial charge in [0.2, 0.25) is 0 Å². The topological polar surface area (TPSA) is 66.8 Å². The number of nitrogens with zero attached hydrogens (tertiary/aromatic N) is 1. The lowest BCUT2D eigenvalue weighted by Crippen LogP contribution is -2.32. The lowest BCUT2D eigenvalue weighted by Gasteiger charge is -2.25. The van der Waals surface area contributed by atoms with Crippen LogP contribution < -0.4 is 4.74 Å². The van der Waals surface area contributed by atoms with E-state index in [9.17, 15) is 14.7 Å². The molecule has 4 rings (SSSR count). The molecule has 0 saturated carbocycles. The second-order valence-corrected chi connectivity index (χ2v) is 8.55. The lowest BCUT2D eigenvalue weighted by atomic mass is 9.95. The van der Waals surface area contributed by atoms with Crippen LogP contribution in [-0.2, 0) is 13.0 Å². The molecule has 182 valence electrons. The Bertz CT molecular complexity index is 1320. The molecule has 0 heterocycles. The number of hydrogen-bond donors (Lipinski definition) is 1. The molecule has 0 unspecified atom stereocenters. The molecule has 36 heavy (non-hydrogen) atoms. The first-order valence-corrected chi connectivity index (χ1v) is 11.9. The molecule has 1 amide bonds. The summed E-state index contributed by atoms with van der Waals surface area (Å²) in [4.78, 5) is 27.3. The predicted octanol–water partition coefficient (Wildman–Crippen LogP) is 6.34. The van der Waals surface area contributed by atoms with Crippen molar-refractivity contribution in [1.29, 1.82) is 0 Å². The maximum atomic E-state index is 13.6. The maximum absolute atomic E-state index is 13.6. The summed E-state index contributed by atoms with van der Waals surface area (Å²) in [6, 6.07) is 32.0. The van der Waals surface area contributed by atoms with Crippen molar-refractivity contribution in [2.75, 3.05) is 13.7 Å². The zero-order valence-corrected chi connectivity index (χ0v) is 20.3. The van der Waals surface area contributed by atoms with Gasteiger partial charge in [-0.15, -0.1) is 0 Å². The van der Waals surface area contributed by atoms with E-state index < -0.39 is 5.97 Å². The number of amides is 1. The number of aryl methyl sites for hydroxylation is 1. The molecule has 0 spiro atoms. The van der Waals surface area contributed by atoms with Crippen LogP contribution in [0.3, 0.4) is 0 Å². The number of rotatable bonds is 10. The quantitative estimate of drug-likeness (QED) is 0.288. The Morgan fingerprint density at radius 3 is 2.11 bits per heavy atom. The van der Waals surface area contributed by atoms with Gasteiger partial charge in [0, 0.05) is 18.7 Å². The number of carboxylic acid groups (broad SMARTS) is 1. The molecule has 0 aliphatic carbocycles. The first-order valence-electron chi connectivity index (χ1n) is 11.9. The fourth-order valence-corrected chi connectivity index (χ4v) is 4.32. The molecule has 0 aromatic heterocycles. The zero-order valence-electron chi connectivity index (χ0n) is 20.3. The van der Waals surface area contributed by atoms with E-state index in [1.54, 1.807) is 43.5 Å². The van der Waals surface area contributed by atoms with Crippen molar-refractivity contribution in [3.05, 3.63) is 125 Å². The van der Waals surface area contributed by atoms with Crippen molar-refractivity contribution < 1.29 is 19.4 Å². The lowest BCUT2D eigenvalue weighted by molar-refractivity contribution is 0.0695. The Hall–Kier alpha value is -4.38. The summed E-state index contributed by atoms with van der Waals surface area (Å²) in [5.41, 5.74) is 4.40. The zero-order chi connectivity index (χ0) is 25.3. The van der Waals surface area contributed by atoms with Gasteiger partial charge in [0.1, 0.15) is 5.75 Å². The van der Waals surface area contributed by atoms with Crippen LogP contribution >= 0.6 is 0 Å². The highest BCUT2D eigenvalue weighted by Crippen LogP contribution is 2.29. The molecular weight excluding hydrogens is 450 g/mol. The summed E-state index contributed by atoms with van der Waals surface area (Å²) >= 11 is 0. The van der Waals surface area contributed by atoms with Crippen LogP contribution in [0.2, 0.25) is 0 Å². The molecule has 4 aromatic rings. The van der Waals surface area contributed by atoms with Crippen LogP contribution in [-0.4, -0.2) is 35.5 Å². The molecule has 0 bridgehead atoms. The van der Waals surface area contributed by atoms with Gasteiger partial charge in [0.15, 0.2) is 0 Å². The fourth-order valence-electron chi connectivity index (χ4n) is 4.32. The fraction of sp³-hybridized carbons (Fsp3) is 0.161. The number of hydrogen-bond acceptors (Lipinski definition) is 3. The number of aromatic carboxylic acids is 1. The maximum Gasteiger partial charge on any atom is 0.336 e.